The third kappa shape index (κ3) is 2.68. The molecular formula is C15H23NO2. The van der Waals surface area contributed by atoms with Crippen LogP contribution in [-0.2, 0) is 5.60 Å². The van der Waals surface area contributed by atoms with Gasteiger partial charge in [-0.25, -0.2) is 0 Å². The fourth-order valence-electron chi connectivity index (χ4n) is 2.16. The predicted octanol–water partition coefficient (Wildman–Crippen LogP) is 2.33. The number of hydrogen-bond acceptors (Lipinski definition) is 3. The maximum atomic E-state index is 11.5. The van der Waals surface area contributed by atoms with Gasteiger partial charge in [0.2, 0.25) is 0 Å². The monoisotopic (exact) mass is 258 g/mol. The molecule has 0 heterocycles. The van der Waals surface area contributed by atoms with Gasteiger partial charge in [0.05, 0.1) is 5.60 Å². The van der Waals surface area contributed by atoms with Gasteiger partial charge < -0.3 is 15.1 Å². The first-order chi connectivity index (χ1) is 12.1. The van der Waals surface area contributed by atoms with Gasteiger partial charge in [-0.1, -0.05) is 25.0 Å². The Kier molecular flexibility index (Phi) is 1.74. The maximum Gasteiger partial charge on any atom is 0.293 e. The van der Waals surface area contributed by atoms with Crippen molar-refractivity contribution in [1.82, 2.24) is 4.90 Å². The van der Waals surface area contributed by atoms with Crippen LogP contribution in [0.15, 0.2) is 24.3 Å². The van der Waals surface area contributed by atoms with Crippen LogP contribution in [0.2, 0.25) is 0 Å². The topological polar surface area (TPSA) is 43.7 Å². The molecule has 0 unspecified atom stereocenters. The highest BCUT2D eigenvalue weighted by molar-refractivity contribution is 5.32. The molecule has 0 spiro atoms. The van der Waals surface area contributed by atoms with Crippen LogP contribution in [0.5, 0.6) is 5.75 Å². The first-order valence-electron chi connectivity index (χ1n) is 10.3. The number of phenols is 1. The van der Waals surface area contributed by atoms with E-state index in [2.05, 4.69) is 5.11 Å². The maximum absolute atomic E-state index is 11.5. The molecule has 2 atom stereocenters. The molecule has 0 aliphatic heterocycles. The van der Waals surface area contributed by atoms with Crippen molar-refractivity contribution in [2.45, 2.75) is 31.2 Å². The summed E-state index contributed by atoms with van der Waals surface area (Å²) in [7, 11) is 0.983. The smallest absolute Gasteiger partial charge is 0.293 e. The van der Waals surface area contributed by atoms with E-state index in [1.165, 1.54) is 24.3 Å². The Morgan fingerprint density at radius 3 is 3.39 bits per heavy atom. The number of hydrogen-bond donors (Lipinski definition) is 2. The van der Waals surface area contributed by atoms with Gasteiger partial charge in [-0.2, -0.15) is 0 Å². The number of benzene rings is 1. The number of aliphatic hydroxyl groups is 1. The summed E-state index contributed by atoms with van der Waals surface area (Å²) in [4.78, 5) is 0.379. The fourth-order valence-corrected chi connectivity index (χ4v) is 2.16. The molecule has 1 saturated carbocycles. The molecule has 2 N–H and O–H groups in total. The molecule has 3 nitrogen and oxygen atoms in total. The van der Waals surface area contributed by atoms with E-state index in [1.54, 1.807) is 0 Å². The van der Waals surface area contributed by atoms with Crippen LogP contribution in [-0.4, -0.2) is 37.1 Å². The van der Waals surface area contributed by atoms with Gasteiger partial charge in [-0.05, 0) is 44.5 Å². The summed E-state index contributed by atoms with van der Waals surface area (Å²) in [5, 5.41) is 15.9. The lowest BCUT2D eigenvalue weighted by atomic mass is 9.71. The van der Waals surface area contributed by atoms with Crippen LogP contribution >= 0.6 is 0 Å². The molecule has 0 bridgehead atoms. The van der Waals surface area contributed by atoms with Crippen LogP contribution in [0.4, 0.5) is 0 Å². The predicted molar refractivity (Wildman–Crippen MR) is 72.5 cm³/mol. The van der Waals surface area contributed by atoms with Crippen molar-refractivity contribution in [1.29, 1.82) is 1.43 Å². The first-order valence-corrected chi connectivity index (χ1v) is 5.85. The normalized spacial score (nSPS) is 44.1. The average Bonchev–Trinajstić information content (AvgIpc) is 2.57. The summed E-state index contributed by atoms with van der Waals surface area (Å²) in [6.45, 7) is -5.80. The lowest BCUT2D eigenvalue weighted by Crippen LogP contribution is -2.43. The number of aromatic hydroxyl groups is 1. The van der Waals surface area contributed by atoms with Crippen LogP contribution < -0.4 is 0 Å². The standard InChI is InChI=1S/C15H23NO2/c1-16(2)11-13-6-3-4-9-15(13,18)12-7-5-8-14(17)10-12/h5,7-8,10,13,17-18H,3-4,6,9,11H2,1-2H3/t13-,15+/m0/s1/i1D3,9D2,11D2,13D/hD. The van der Waals surface area contributed by atoms with Gasteiger partial charge in [-0.3, -0.25) is 0 Å². The highest BCUT2D eigenvalue weighted by Crippen LogP contribution is 2.42. The molecule has 2 rings (SSSR count). The van der Waals surface area contributed by atoms with E-state index in [0.717, 1.165) is 7.05 Å². The summed E-state index contributed by atoms with van der Waals surface area (Å²) >= 11 is 0. The number of nitrogens with zero attached hydrogens (tertiary/aromatic N) is 1. The van der Waals surface area contributed by atoms with Crippen molar-refractivity contribution in [3.05, 3.63) is 29.8 Å². The molecule has 18 heavy (non-hydrogen) atoms. The number of phenolic OH excluding ortho intramolecular Hbond substituents is 1. The Labute approximate surface area is 122 Å². The highest BCUT2D eigenvalue weighted by Gasteiger charge is 2.40. The molecule has 1 aliphatic rings. The molecule has 100 valence electrons. The van der Waals surface area contributed by atoms with E-state index in [1.807, 2.05) is 0 Å². The molecule has 1 aromatic carbocycles. The third-order valence-electron chi connectivity index (χ3n) is 2.98. The number of rotatable bonds is 4. The second-order valence-electron chi connectivity index (χ2n) is 4.42. The average molecular weight is 258 g/mol. The quantitative estimate of drug-likeness (QED) is 0.871. The summed E-state index contributed by atoms with van der Waals surface area (Å²) in [5.41, 5.74) is -2.83. The van der Waals surface area contributed by atoms with Gasteiger partial charge in [0.15, 0.2) is 0 Å². The molecule has 1 aliphatic carbocycles. The van der Waals surface area contributed by atoms with Gasteiger partial charge in [0.1, 0.15) is 5.75 Å². The largest absolute Gasteiger partial charge is 0.508 e. The fraction of sp³-hybridized carbons (Fsp3) is 0.600. The molecule has 3 heteroatoms. The van der Waals surface area contributed by atoms with E-state index in [9.17, 15) is 5.11 Å². The summed E-state index contributed by atoms with van der Waals surface area (Å²) in [6.07, 6.45) is -2.72. The Bertz CT molecular complexity index is 696. The summed E-state index contributed by atoms with van der Waals surface area (Å²) < 4.78 is 71.9. The SMILES string of the molecule is [2H]Oc1cccc([C@]2(O)C([2H])([2H])CCC[C@@]2([2H])C([2H])([2H])N(C)C([2H])([2H])[2H])c1. The van der Waals surface area contributed by atoms with E-state index in [4.69, 9.17) is 12.4 Å². The minimum atomic E-state index is -2.90. The Hall–Kier alpha value is -1.06. The second-order valence-corrected chi connectivity index (χ2v) is 4.42. The van der Waals surface area contributed by atoms with Crippen LogP contribution in [0.3, 0.4) is 0 Å². The van der Waals surface area contributed by atoms with Crippen molar-refractivity contribution in [3.8, 4) is 5.75 Å². The molecule has 0 aromatic heterocycles. The zero-order valence-electron chi connectivity index (χ0n) is 19.2. The van der Waals surface area contributed by atoms with E-state index < -0.39 is 31.3 Å². The van der Waals surface area contributed by atoms with Crippen LogP contribution in [0.25, 0.3) is 0 Å². The molecular weight excluding hydrogens is 226 g/mol. The summed E-state index contributed by atoms with van der Waals surface area (Å²) in [5.74, 6) is -2.57. The van der Waals surface area contributed by atoms with Gasteiger partial charge >= 0.3 is 0 Å². The Morgan fingerprint density at radius 2 is 2.61 bits per heavy atom. The van der Waals surface area contributed by atoms with Crippen molar-refractivity contribution in [2.24, 2.45) is 5.89 Å². The highest BCUT2D eigenvalue weighted by atomic mass is 16.3. The van der Waals surface area contributed by atoms with E-state index in [0.29, 0.717) is 4.90 Å². The molecule has 1 fully saturated rings. The third-order valence-corrected chi connectivity index (χ3v) is 2.98. The lowest BCUT2D eigenvalue weighted by molar-refractivity contribution is -0.0619. The molecule has 1 aromatic rings. The molecule has 0 saturated heterocycles. The Morgan fingerprint density at radius 1 is 1.72 bits per heavy atom. The molecule has 0 radical (unpaired) electrons. The second kappa shape index (κ2) is 5.29. The summed E-state index contributed by atoms with van der Waals surface area (Å²) in [6, 6.07) is 5.28. The van der Waals surface area contributed by atoms with Gasteiger partial charge in [0.25, 0.3) is 1.43 Å². The minimum Gasteiger partial charge on any atom is -0.508 e. The van der Waals surface area contributed by atoms with Crippen molar-refractivity contribution < 1.29 is 21.2 Å². The molecule has 0 amide bonds. The minimum absolute atomic E-state index is 0.0191. The van der Waals surface area contributed by atoms with Crippen molar-refractivity contribution in [2.75, 3.05) is 20.5 Å². The Balaban J connectivity index is 2.75. The first kappa shape index (κ1) is 5.93. The zero-order chi connectivity index (χ0) is 20.9. The van der Waals surface area contributed by atoms with Gasteiger partial charge in [0, 0.05) is 23.4 Å². The van der Waals surface area contributed by atoms with Crippen LogP contribution in [0.1, 0.15) is 42.2 Å². The zero-order valence-corrected chi connectivity index (χ0v) is 10.2. The van der Waals surface area contributed by atoms with Crippen molar-refractivity contribution in [3.63, 3.8) is 0 Å². The van der Waals surface area contributed by atoms with E-state index >= 15 is 0 Å². The van der Waals surface area contributed by atoms with E-state index in [-0.39, 0.29) is 30.6 Å². The van der Waals surface area contributed by atoms with Crippen LogP contribution in [0, 0.1) is 5.89 Å². The van der Waals surface area contributed by atoms with Crippen molar-refractivity contribution >= 4 is 0 Å². The lowest BCUT2D eigenvalue weighted by Gasteiger charge is -2.41. The van der Waals surface area contributed by atoms with Gasteiger partial charge in [-0.15, -0.1) is 0 Å².